The normalized spacial score (nSPS) is 14.8. The summed E-state index contributed by atoms with van der Waals surface area (Å²) in [6.45, 7) is 9.80. The Labute approximate surface area is 205 Å². The van der Waals surface area contributed by atoms with Crippen molar-refractivity contribution in [3.05, 3.63) is 71.3 Å². The summed E-state index contributed by atoms with van der Waals surface area (Å²) < 4.78 is 2.92. The van der Waals surface area contributed by atoms with Crippen molar-refractivity contribution in [3.63, 3.8) is 0 Å². The van der Waals surface area contributed by atoms with Gasteiger partial charge in [0.1, 0.15) is 5.69 Å². The number of piperazine rings is 1. The molecule has 1 fully saturated rings. The van der Waals surface area contributed by atoms with Crippen molar-refractivity contribution >= 4 is 17.4 Å². The lowest BCUT2D eigenvalue weighted by atomic mass is 10.2. The minimum Gasteiger partial charge on any atom is -0.399 e. The average molecular weight is 484 g/mol. The molecule has 190 valence electrons. The van der Waals surface area contributed by atoms with Crippen LogP contribution in [0.1, 0.15) is 27.7 Å². The fourth-order valence-corrected chi connectivity index (χ4v) is 3.15. The van der Waals surface area contributed by atoms with E-state index < -0.39 is 0 Å². The molecule has 9 nitrogen and oxygen atoms in total. The zero-order chi connectivity index (χ0) is 23.9. The van der Waals surface area contributed by atoms with Gasteiger partial charge in [0.2, 0.25) is 0 Å². The Morgan fingerprint density at radius 3 is 2.45 bits per heavy atom. The lowest BCUT2D eigenvalue weighted by Gasteiger charge is -2.33. The van der Waals surface area contributed by atoms with E-state index in [1.54, 1.807) is 31.4 Å². The number of carbonyl (C=O) groups is 1. The Balaban J connectivity index is -0.000000636. The van der Waals surface area contributed by atoms with Gasteiger partial charge in [-0.3, -0.25) is 4.79 Å². The zero-order valence-electron chi connectivity index (χ0n) is 19.5. The fraction of sp³-hybridized carbons (Fsp3) is 0.435. The third-order valence-corrected chi connectivity index (χ3v) is 4.85. The van der Waals surface area contributed by atoms with Crippen LogP contribution in [0.15, 0.2) is 65.6 Å². The summed E-state index contributed by atoms with van der Waals surface area (Å²) in [5.74, 6) is -0.101. The second-order valence-electron chi connectivity index (χ2n) is 7.33. The van der Waals surface area contributed by atoms with Gasteiger partial charge in [-0.2, -0.15) is 5.06 Å². The van der Waals surface area contributed by atoms with Gasteiger partial charge in [0.15, 0.2) is 0 Å². The Bertz CT molecular complexity index is 815. The number of aromatic amines is 1. The van der Waals surface area contributed by atoms with Gasteiger partial charge in [-0.15, -0.1) is 0 Å². The lowest BCUT2D eigenvalue weighted by Crippen LogP contribution is -2.44. The average Bonchev–Trinajstić information content (AvgIpc) is 2.67. The van der Waals surface area contributed by atoms with Crippen LogP contribution < -0.4 is 16.4 Å². The number of rotatable bonds is 9. The van der Waals surface area contributed by atoms with E-state index in [1.165, 1.54) is 11.5 Å². The molecule has 1 aromatic heterocycles. The minimum atomic E-state index is -0.101. The van der Waals surface area contributed by atoms with Gasteiger partial charge >= 0.3 is 0 Å². The number of hydrogen-bond acceptors (Lipinski definition) is 8. The van der Waals surface area contributed by atoms with Crippen molar-refractivity contribution in [2.75, 3.05) is 53.9 Å². The molecular formula is C23H45N7O2S. The van der Waals surface area contributed by atoms with Crippen LogP contribution in [0, 0.1) is 0 Å². The SMILES string of the molecule is C.C/C=C(\C(=C/N(C)C)NC(=O)c1cs[nH]1)N1CCNCC1.C=C(N)/C=C\C=C/CN(C)O.[HH].[HH]. The molecule has 10 heteroatoms. The predicted octanol–water partition coefficient (Wildman–Crippen LogP) is 3.04. The first-order valence-corrected chi connectivity index (χ1v) is 11.2. The van der Waals surface area contributed by atoms with Crippen LogP contribution >= 0.6 is 11.5 Å². The first-order chi connectivity index (χ1) is 15.2. The topological polar surface area (TPSA) is 113 Å². The number of nitrogens with one attached hydrogen (secondary N) is 3. The minimum absolute atomic E-state index is 0. The van der Waals surface area contributed by atoms with Gasteiger partial charge in [0.25, 0.3) is 5.91 Å². The Morgan fingerprint density at radius 1 is 1.36 bits per heavy atom. The van der Waals surface area contributed by atoms with Crippen molar-refractivity contribution in [3.8, 4) is 0 Å². The molecule has 2 heterocycles. The number of hydroxylamine groups is 2. The van der Waals surface area contributed by atoms with E-state index in [2.05, 4.69) is 32.6 Å². The Hall–Kier alpha value is -2.79. The third kappa shape index (κ3) is 12.7. The summed E-state index contributed by atoms with van der Waals surface area (Å²) in [7, 11) is 5.48. The Morgan fingerprint density at radius 2 is 2.00 bits per heavy atom. The van der Waals surface area contributed by atoms with Gasteiger partial charge in [-0.05, 0) is 13.0 Å². The number of nitrogens with two attached hydrogens (primary N) is 1. The van der Waals surface area contributed by atoms with Crippen LogP contribution in [0.25, 0.3) is 0 Å². The summed E-state index contributed by atoms with van der Waals surface area (Å²) in [6, 6.07) is 0. The number of nitrogens with zero attached hydrogens (tertiary/aromatic N) is 3. The van der Waals surface area contributed by atoms with E-state index in [4.69, 9.17) is 10.9 Å². The molecule has 33 heavy (non-hydrogen) atoms. The van der Waals surface area contributed by atoms with Crippen LogP contribution in [0.3, 0.4) is 0 Å². The van der Waals surface area contributed by atoms with Crippen molar-refractivity contribution in [1.29, 1.82) is 0 Å². The van der Waals surface area contributed by atoms with Crippen LogP contribution in [0.2, 0.25) is 0 Å². The number of aromatic nitrogens is 1. The van der Waals surface area contributed by atoms with Gasteiger partial charge < -0.3 is 35.7 Å². The number of allylic oxidation sites excluding steroid dienone is 4. The molecule has 1 aliphatic rings. The number of carbonyl (C=O) groups excluding carboxylic acids is 1. The fourth-order valence-electron chi connectivity index (χ4n) is 2.71. The first-order valence-electron chi connectivity index (χ1n) is 10.4. The molecule has 0 aliphatic carbocycles. The van der Waals surface area contributed by atoms with Crippen LogP contribution in [0.5, 0.6) is 0 Å². The largest absolute Gasteiger partial charge is 0.399 e. The molecule has 6 N–H and O–H groups in total. The Kier molecular flexibility index (Phi) is 15.4. The van der Waals surface area contributed by atoms with Crippen LogP contribution in [0.4, 0.5) is 0 Å². The maximum atomic E-state index is 12.1. The maximum absolute atomic E-state index is 12.1. The van der Waals surface area contributed by atoms with Crippen molar-refractivity contribution < 1.29 is 12.9 Å². The van der Waals surface area contributed by atoms with Crippen LogP contribution in [-0.4, -0.2) is 84.2 Å². The maximum Gasteiger partial charge on any atom is 0.273 e. The molecule has 1 saturated heterocycles. The summed E-state index contributed by atoms with van der Waals surface area (Å²) >= 11 is 1.42. The standard InChI is InChI=1S/C14H23N5OS.C8H14N2O.CH4.2H2/c1-4-13(19-7-5-15-6-8-19)11(9-18(2)3)16-14(20)12-10-21-17-12;1-8(9)6-4-3-5-7-10(2)11;;;/h4,9-10,15,17H,5-8H2,1-3H3,(H,16,20);3-6,11H,1,7,9H2,2H3;1H4;2*1H/b11-9+,13-4+;5-3-,6-4-;;;. The van der Waals surface area contributed by atoms with E-state index >= 15 is 0 Å². The molecule has 0 spiro atoms. The van der Waals surface area contributed by atoms with E-state index in [9.17, 15) is 4.79 Å². The quantitative estimate of drug-likeness (QED) is 0.271. The van der Waals surface area contributed by atoms with Gasteiger partial charge in [-0.1, -0.05) is 49.8 Å². The summed E-state index contributed by atoms with van der Waals surface area (Å²) in [5, 5.41) is 17.9. The van der Waals surface area contributed by atoms with E-state index in [0.717, 1.165) is 42.6 Å². The monoisotopic (exact) mass is 483 g/mol. The molecule has 0 bridgehead atoms. The second-order valence-corrected chi connectivity index (χ2v) is 8.00. The van der Waals surface area contributed by atoms with E-state index in [-0.39, 0.29) is 16.2 Å². The van der Waals surface area contributed by atoms with Gasteiger partial charge in [0, 0.05) is 74.0 Å². The van der Waals surface area contributed by atoms with Gasteiger partial charge in [0.05, 0.1) is 11.4 Å². The highest BCUT2D eigenvalue weighted by molar-refractivity contribution is 7.05. The molecule has 0 aromatic carbocycles. The predicted molar refractivity (Wildman–Crippen MR) is 143 cm³/mol. The zero-order valence-corrected chi connectivity index (χ0v) is 20.3. The summed E-state index contributed by atoms with van der Waals surface area (Å²) in [4.78, 5) is 16.4. The molecule has 0 atom stereocenters. The van der Waals surface area contributed by atoms with Crippen LogP contribution in [-0.2, 0) is 0 Å². The second kappa shape index (κ2) is 16.8. The molecule has 0 unspecified atom stereocenters. The molecule has 1 aliphatic heterocycles. The molecule has 0 saturated carbocycles. The lowest BCUT2D eigenvalue weighted by molar-refractivity contribution is -0.0533. The number of amides is 1. The highest BCUT2D eigenvalue weighted by Crippen LogP contribution is 2.16. The number of H-pyrrole nitrogens is 1. The number of hydrogen-bond donors (Lipinski definition) is 5. The third-order valence-electron chi connectivity index (χ3n) is 4.16. The molecule has 0 radical (unpaired) electrons. The summed E-state index contributed by atoms with van der Waals surface area (Å²) in [6.07, 6.45) is 11.1. The highest BCUT2D eigenvalue weighted by Gasteiger charge is 2.19. The highest BCUT2D eigenvalue weighted by atomic mass is 32.1. The number of likely N-dealkylation sites (N-methyl/N-ethyl adjacent to an activating group) is 1. The first kappa shape index (κ1) is 30.2. The molecule has 2 rings (SSSR count). The van der Waals surface area contributed by atoms with E-state index in [1.807, 2.05) is 37.5 Å². The van der Waals surface area contributed by atoms with Gasteiger partial charge in [-0.25, -0.2) is 0 Å². The van der Waals surface area contributed by atoms with E-state index in [0.29, 0.717) is 17.9 Å². The molecule has 1 aromatic rings. The molecular weight excluding hydrogens is 438 g/mol. The molecule has 1 amide bonds. The van der Waals surface area contributed by atoms with Crippen molar-refractivity contribution in [2.45, 2.75) is 14.4 Å². The van der Waals surface area contributed by atoms with Crippen molar-refractivity contribution in [1.82, 2.24) is 29.9 Å². The van der Waals surface area contributed by atoms with Crippen molar-refractivity contribution in [2.24, 2.45) is 5.73 Å². The smallest absolute Gasteiger partial charge is 0.273 e. The summed E-state index contributed by atoms with van der Waals surface area (Å²) in [5.41, 5.74) is 8.28.